The van der Waals surface area contributed by atoms with E-state index in [0.717, 1.165) is 6.54 Å². The first-order valence-electron chi connectivity index (χ1n) is 4.27. The summed E-state index contributed by atoms with van der Waals surface area (Å²) in [5.41, 5.74) is 0. The van der Waals surface area contributed by atoms with Crippen molar-refractivity contribution < 1.29 is 4.79 Å². The minimum Gasteiger partial charge on any atom is -0.355 e. The zero-order valence-electron chi connectivity index (χ0n) is 7.18. The van der Waals surface area contributed by atoms with Gasteiger partial charge < -0.3 is 10.6 Å². The second-order valence-electron chi connectivity index (χ2n) is 3.06. The van der Waals surface area contributed by atoms with Crippen LogP contribution in [-0.4, -0.2) is 24.5 Å². The standard InChI is InChI=1S/C8H16N2O/c1-3-9-8(11)6(2)10-7-4-5-7/h6-7,10H,3-5H2,1-2H3,(H,9,11). The number of amides is 1. The molecule has 1 amide bonds. The highest BCUT2D eigenvalue weighted by Crippen LogP contribution is 2.19. The van der Waals surface area contributed by atoms with Gasteiger partial charge in [-0.1, -0.05) is 0 Å². The van der Waals surface area contributed by atoms with E-state index in [-0.39, 0.29) is 11.9 Å². The van der Waals surface area contributed by atoms with Gasteiger partial charge in [0.2, 0.25) is 5.91 Å². The van der Waals surface area contributed by atoms with E-state index in [4.69, 9.17) is 0 Å². The topological polar surface area (TPSA) is 41.1 Å². The monoisotopic (exact) mass is 156 g/mol. The van der Waals surface area contributed by atoms with Crippen LogP contribution in [-0.2, 0) is 4.79 Å². The molecule has 3 nitrogen and oxygen atoms in total. The van der Waals surface area contributed by atoms with E-state index in [1.807, 2.05) is 13.8 Å². The normalized spacial score (nSPS) is 19.5. The number of carbonyl (C=O) groups is 1. The van der Waals surface area contributed by atoms with Crippen molar-refractivity contribution in [2.45, 2.75) is 38.8 Å². The summed E-state index contributed by atoms with van der Waals surface area (Å²) >= 11 is 0. The predicted molar refractivity (Wildman–Crippen MR) is 44.3 cm³/mol. The Kier molecular flexibility index (Phi) is 2.88. The van der Waals surface area contributed by atoms with Crippen LogP contribution in [0.5, 0.6) is 0 Å². The molecule has 0 heterocycles. The summed E-state index contributed by atoms with van der Waals surface area (Å²) in [7, 11) is 0. The fraction of sp³-hybridized carbons (Fsp3) is 0.875. The van der Waals surface area contributed by atoms with Gasteiger partial charge in [-0.25, -0.2) is 0 Å². The smallest absolute Gasteiger partial charge is 0.236 e. The van der Waals surface area contributed by atoms with Crippen molar-refractivity contribution in [2.24, 2.45) is 0 Å². The predicted octanol–water partition coefficient (Wildman–Crippen LogP) is 0.263. The Morgan fingerprint density at radius 3 is 2.73 bits per heavy atom. The van der Waals surface area contributed by atoms with Crippen LogP contribution in [0.2, 0.25) is 0 Å². The lowest BCUT2D eigenvalue weighted by atomic mass is 10.3. The second kappa shape index (κ2) is 3.72. The lowest BCUT2D eigenvalue weighted by Crippen LogP contribution is -2.42. The zero-order valence-corrected chi connectivity index (χ0v) is 7.18. The number of carbonyl (C=O) groups excluding carboxylic acids is 1. The zero-order chi connectivity index (χ0) is 8.27. The van der Waals surface area contributed by atoms with Crippen molar-refractivity contribution in [1.82, 2.24) is 10.6 Å². The van der Waals surface area contributed by atoms with E-state index in [1.165, 1.54) is 12.8 Å². The molecule has 0 saturated heterocycles. The Morgan fingerprint density at radius 1 is 1.64 bits per heavy atom. The molecule has 1 atom stereocenters. The van der Waals surface area contributed by atoms with Gasteiger partial charge in [-0.05, 0) is 26.7 Å². The van der Waals surface area contributed by atoms with Crippen LogP contribution in [0.4, 0.5) is 0 Å². The minimum atomic E-state index is -0.0255. The van der Waals surface area contributed by atoms with Gasteiger partial charge in [0.25, 0.3) is 0 Å². The van der Waals surface area contributed by atoms with Crippen molar-refractivity contribution in [3.05, 3.63) is 0 Å². The van der Waals surface area contributed by atoms with E-state index in [2.05, 4.69) is 10.6 Å². The lowest BCUT2D eigenvalue weighted by Gasteiger charge is -2.11. The summed E-state index contributed by atoms with van der Waals surface area (Å²) in [6.07, 6.45) is 2.45. The highest BCUT2D eigenvalue weighted by Gasteiger charge is 2.25. The number of hydrogen-bond donors (Lipinski definition) is 2. The van der Waals surface area contributed by atoms with Crippen LogP contribution in [0.25, 0.3) is 0 Å². The number of nitrogens with one attached hydrogen (secondary N) is 2. The molecule has 2 N–H and O–H groups in total. The Balaban J connectivity index is 2.15. The van der Waals surface area contributed by atoms with Gasteiger partial charge in [0.1, 0.15) is 0 Å². The molecule has 1 unspecified atom stereocenters. The van der Waals surface area contributed by atoms with Gasteiger partial charge in [-0.15, -0.1) is 0 Å². The number of rotatable bonds is 4. The van der Waals surface area contributed by atoms with Crippen LogP contribution in [0, 0.1) is 0 Å². The van der Waals surface area contributed by atoms with Crippen molar-refractivity contribution in [3.8, 4) is 0 Å². The van der Waals surface area contributed by atoms with Gasteiger partial charge in [0.15, 0.2) is 0 Å². The summed E-state index contributed by atoms with van der Waals surface area (Å²) in [5.74, 6) is 0.111. The highest BCUT2D eigenvalue weighted by molar-refractivity contribution is 5.81. The Bertz CT molecular complexity index is 143. The average Bonchev–Trinajstić information content (AvgIpc) is 2.72. The van der Waals surface area contributed by atoms with E-state index in [0.29, 0.717) is 6.04 Å². The van der Waals surface area contributed by atoms with Crippen LogP contribution in [0.3, 0.4) is 0 Å². The van der Waals surface area contributed by atoms with Crippen LogP contribution in [0.15, 0.2) is 0 Å². The van der Waals surface area contributed by atoms with E-state index < -0.39 is 0 Å². The lowest BCUT2D eigenvalue weighted by molar-refractivity contribution is -0.122. The molecule has 1 aliphatic carbocycles. The van der Waals surface area contributed by atoms with Crippen molar-refractivity contribution >= 4 is 5.91 Å². The maximum atomic E-state index is 11.1. The van der Waals surface area contributed by atoms with Gasteiger partial charge in [-0.3, -0.25) is 4.79 Å². The largest absolute Gasteiger partial charge is 0.355 e. The van der Waals surface area contributed by atoms with E-state index in [9.17, 15) is 4.79 Å². The third-order valence-corrected chi connectivity index (χ3v) is 1.81. The minimum absolute atomic E-state index is 0.0255. The Labute approximate surface area is 67.5 Å². The maximum absolute atomic E-state index is 11.1. The quantitative estimate of drug-likeness (QED) is 0.613. The third-order valence-electron chi connectivity index (χ3n) is 1.81. The first-order valence-corrected chi connectivity index (χ1v) is 4.27. The maximum Gasteiger partial charge on any atom is 0.236 e. The average molecular weight is 156 g/mol. The number of likely N-dealkylation sites (N-methyl/N-ethyl adjacent to an activating group) is 1. The summed E-state index contributed by atoms with van der Waals surface area (Å²) in [5, 5.41) is 6.00. The van der Waals surface area contributed by atoms with E-state index >= 15 is 0 Å². The molecule has 1 saturated carbocycles. The molecule has 0 aliphatic heterocycles. The van der Waals surface area contributed by atoms with Crippen LogP contribution < -0.4 is 10.6 Å². The van der Waals surface area contributed by atoms with Gasteiger partial charge in [0, 0.05) is 12.6 Å². The fourth-order valence-electron chi connectivity index (χ4n) is 1.01. The molecule has 0 aromatic rings. The SMILES string of the molecule is CCNC(=O)C(C)NC1CC1. The Morgan fingerprint density at radius 2 is 2.27 bits per heavy atom. The summed E-state index contributed by atoms with van der Waals surface area (Å²) < 4.78 is 0. The number of hydrogen-bond acceptors (Lipinski definition) is 2. The van der Waals surface area contributed by atoms with Gasteiger partial charge >= 0.3 is 0 Å². The molecule has 0 bridgehead atoms. The molecular formula is C8H16N2O. The summed E-state index contributed by atoms with van der Waals surface area (Å²) in [6.45, 7) is 4.56. The van der Waals surface area contributed by atoms with Crippen LogP contribution in [0.1, 0.15) is 26.7 Å². The van der Waals surface area contributed by atoms with Gasteiger partial charge in [-0.2, -0.15) is 0 Å². The molecule has 0 aromatic carbocycles. The molecule has 0 radical (unpaired) electrons. The Hall–Kier alpha value is -0.570. The molecule has 1 rings (SSSR count). The third kappa shape index (κ3) is 2.89. The first-order chi connectivity index (χ1) is 5.24. The first kappa shape index (κ1) is 8.53. The van der Waals surface area contributed by atoms with Gasteiger partial charge in [0.05, 0.1) is 6.04 Å². The van der Waals surface area contributed by atoms with Crippen molar-refractivity contribution in [2.75, 3.05) is 6.54 Å². The molecule has 64 valence electrons. The summed E-state index contributed by atoms with van der Waals surface area (Å²) in [6, 6.07) is 0.579. The fourth-order valence-corrected chi connectivity index (χ4v) is 1.01. The molecule has 1 aliphatic rings. The second-order valence-corrected chi connectivity index (χ2v) is 3.06. The molecule has 3 heteroatoms. The molecule has 11 heavy (non-hydrogen) atoms. The highest BCUT2D eigenvalue weighted by atomic mass is 16.2. The molecule has 0 aromatic heterocycles. The summed E-state index contributed by atoms with van der Waals surface area (Å²) in [4.78, 5) is 11.1. The molecular weight excluding hydrogens is 140 g/mol. The molecule has 1 fully saturated rings. The van der Waals surface area contributed by atoms with E-state index in [1.54, 1.807) is 0 Å². The van der Waals surface area contributed by atoms with Crippen molar-refractivity contribution in [1.29, 1.82) is 0 Å². The van der Waals surface area contributed by atoms with Crippen molar-refractivity contribution in [3.63, 3.8) is 0 Å². The van der Waals surface area contributed by atoms with Crippen LogP contribution >= 0.6 is 0 Å². The molecule has 0 spiro atoms.